The Morgan fingerprint density at radius 1 is 0.773 bits per heavy atom. The van der Waals surface area contributed by atoms with Gasteiger partial charge in [-0.2, -0.15) is 12.3 Å². The van der Waals surface area contributed by atoms with Gasteiger partial charge in [-0.3, -0.25) is 0 Å². The monoisotopic (exact) mass is 398 g/mol. The van der Waals surface area contributed by atoms with Gasteiger partial charge in [0, 0.05) is 8.07 Å². The van der Waals surface area contributed by atoms with Crippen LogP contribution in [0.4, 0.5) is 0 Å². The van der Waals surface area contributed by atoms with Gasteiger partial charge in [0.1, 0.15) is 0 Å². The summed E-state index contributed by atoms with van der Waals surface area (Å²) in [5.74, 6) is 0. The fraction of sp³-hybridized carbons (Fsp3) is 1.00. The zero-order valence-electron chi connectivity index (χ0n) is 14.3. The van der Waals surface area contributed by atoms with Crippen molar-refractivity contribution in [1.82, 2.24) is 0 Å². The predicted octanol–water partition coefficient (Wildman–Crippen LogP) is 6.56. The van der Waals surface area contributed by atoms with Crippen LogP contribution in [0, 0.1) is 0 Å². The summed E-state index contributed by atoms with van der Waals surface area (Å²) < 4.78 is 0. The second kappa shape index (κ2) is 12.7. The number of halogens is 2. The molecule has 0 atom stereocenters. The Morgan fingerprint density at radius 3 is 1.41 bits per heavy atom. The molecule has 2 aliphatic carbocycles. The fourth-order valence-electron chi connectivity index (χ4n) is 3.33. The maximum absolute atomic E-state index is 5.02. The van der Waals surface area contributed by atoms with Crippen molar-refractivity contribution in [3.8, 4) is 0 Å². The Bertz CT molecular complexity index is 247. The number of rotatable bonds is 6. The van der Waals surface area contributed by atoms with Gasteiger partial charge in [0.15, 0.2) is 0 Å². The minimum absolute atomic E-state index is 0.556. The van der Waals surface area contributed by atoms with E-state index >= 15 is 0 Å². The third-order valence-corrected chi connectivity index (χ3v) is 6.78. The van der Waals surface area contributed by atoms with Crippen molar-refractivity contribution in [3.63, 3.8) is 0 Å². The van der Waals surface area contributed by atoms with Gasteiger partial charge in [-0.15, -0.1) is 12.1 Å². The summed E-state index contributed by atoms with van der Waals surface area (Å²) in [6.45, 7) is 4.96. The van der Waals surface area contributed by atoms with Crippen LogP contribution in [-0.2, 0) is 17.0 Å². The van der Waals surface area contributed by atoms with E-state index < -0.39 is 25.1 Å². The van der Waals surface area contributed by atoms with Crippen molar-refractivity contribution in [2.24, 2.45) is 0 Å². The van der Waals surface area contributed by atoms with Crippen LogP contribution in [0.3, 0.4) is 0 Å². The molecule has 0 aromatic heterocycles. The van der Waals surface area contributed by atoms with E-state index in [0.29, 0.717) is 12.1 Å². The zero-order chi connectivity index (χ0) is 16.3. The molecule has 0 aromatic carbocycles. The summed E-state index contributed by atoms with van der Waals surface area (Å²) in [7, 11) is 8.57. The summed E-state index contributed by atoms with van der Waals surface area (Å²) in [5.41, 5.74) is 0. The van der Waals surface area contributed by atoms with E-state index in [9.17, 15) is 0 Å². The molecular weight excluding hydrogens is 367 g/mol. The maximum atomic E-state index is 5.02. The summed E-state index contributed by atoms with van der Waals surface area (Å²) in [6.07, 6.45) is 16.2. The fourth-order valence-corrected chi connectivity index (χ4v) is 4.93. The van der Waals surface area contributed by atoms with Crippen LogP contribution in [0.5, 0.6) is 0 Å². The molecule has 6 heteroatoms. The molecule has 0 spiro atoms. The van der Waals surface area contributed by atoms with Crippen LogP contribution >= 0.6 is 18.6 Å². The molecule has 22 heavy (non-hydrogen) atoms. The Labute approximate surface area is 155 Å². The van der Waals surface area contributed by atoms with Crippen LogP contribution in [-0.4, -0.2) is 32.5 Å². The van der Waals surface area contributed by atoms with Crippen LogP contribution in [0.15, 0.2) is 0 Å². The van der Waals surface area contributed by atoms with Gasteiger partial charge in [0.25, 0.3) is 0 Å². The second-order valence-corrected chi connectivity index (χ2v) is 15.0. The van der Waals surface area contributed by atoms with E-state index in [-0.39, 0.29) is 0 Å². The molecule has 0 saturated heterocycles. The van der Waals surface area contributed by atoms with Crippen LogP contribution < -0.4 is 0 Å². The van der Waals surface area contributed by atoms with Gasteiger partial charge < -0.3 is 10.6 Å². The van der Waals surface area contributed by atoms with Gasteiger partial charge in [-0.05, 0) is 0 Å². The molecule has 0 N–H and O–H groups in total. The summed E-state index contributed by atoms with van der Waals surface area (Å²) in [5, 5.41) is 10.0. The number of hydrogen-bond donors (Lipinski definition) is 0. The van der Waals surface area contributed by atoms with Gasteiger partial charge in [0.05, 0.1) is 0 Å². The first-order chi connectivity index (χ1) is 10.6. The van der Waals surface area contributed by atoms with Crippen molar-refractivity contribution < 1.29 is 17.0 Å². The van der Waals surface area contributed by atoms with E-state index in [0.717, 1.165) is 12.3 Å². The molecule has 2 nitrogen and oxygen atoms in total. The first kappa shape index (κ1) is 21.5. The van der Waals surface area contributed by atoms with Gasteiger partial charge in [0.2, 0.25) is 0 Å². The molecule has 0 amide bonds. The first-order valence-electron chi connectivity index (χ1n) is 8.87. The predicted molar refractivity (Wildman–Crippen MR) is 99.4 cm³/mol. The molecule has 0 aliphatic heterocycles. The van der Waals surface area contributed by atoms with E-state index in [2.05, 4.69) is 13.1 Å². The van der Waals surface area contributed by atoms with E-state index in [1.807, 2.05) is 0 Å². The van der Waals surface area contributed by atoms with E-state index in [1.54, 1.807) is 0 Å². The minimum atomic E-state index is -1.20. The number of hydrogen-bond acceptors (Lipinski definition) is 0. The summed E-state index contributed by atoms with van der Waals surface area (Å²) >= 11 is -0.556. The molecule has 0 unspecified atom stereocenters. The molecule has 2 saturated carbocycles. The van der Waals surface area contributed by atoms with Gasteiger partial charge in [-0.25, -0.2) is 0 Å². The van der Waals surface area contributed by atoms with Crippen molar-refractivity contribution in [2.45, 2.75) is 89.4 Å². The average Bonchev–Trinajstić information content (AvgIpc) is 2.54. The summed E-state index contributed by atoms with van der Waals surface area (Å²) in [4.78, 5) is 0. The molecule has 0 aromatic rings. The SMILES string of the molecule is C[Si](C)(C[N-]C1CCCCC1)C[N-]C1CCCCC1.[Cl][Ti][Cl]. The van der Waals surface area contributed by atoms with Crippen LogP contribution in [0.25, 0.3) is 10.6 Å². The van der Waals surface area contributed by atoms with Gasteiger partial charge >= 0.3 is 35.6 Å². The quantitative estimate of drug-likeness (QED) is 0.453. The average molecular weight is 399 g/mol. The second-order valence-electron chi connectivity index (χ2n) is 7.50. The van der Waals surface area contributed by atoms with Crippen molar-refractivity contribution >= 4 is 26.7 Å². The van der Waals surface area contributed by atoms with Crippen LogP contribution in [0.1, 0.15) is 64.2 Å². The molecule has 2 rings (SSSR count). The Morgan fingerprint density at radius 2 is 1.09 bits per heavy atom. The topological polar surface area (TPSA) is 28.2 Å². The van der Waals surface area contributed by atoms with Crippen molar-refractivity contribution in [3.05, 3.63) is 10.6 Å². The summed E-state index contributed by atoms with van der Waals surface area (Å²) in [6, 6.07) is 1.38. The Kier molecular flexibility index (Phi) is 12.4. The van der Waals surface area contributed by atoms with E-state index in [1.165, 1.54) is 64.2 Å². The molecule has 2 fully saturated rings. The van der Waals surface area contributed by atoms with Crippen molar-refractivity contribution in [1.29, 1.82) is 0 Å². The third-order valence-electron chi connectivity index (χ3n) is 4.70. The molecular formula is C16H32Cl2N2SiTi-2. The standard InChI is InChI=1S/C16H32N2Si.2ClH.Ti/c1-19(2,13-17-15-9-5-3-6-10-15)14-18-16-11-7-4-8-12-16;;;/h15-16H,3-14H2,1-2H3;2*1H;/q-2;;;+2/p-2. The molecule has 130 valence electrons. The molecule has 0 heterocycles. The van der Waals surface area contributed by atoms with Gasteiger partial charge in [-0.1, -0.05) is 77.3 Å². The normalized spacial score (nSPS) is 21.1. The van der Waals surface area contributed by atoms with E-state index in [4.69, 9.17) is 29.2 Å². The van der Waals surface area contributed by atoms with Crippen LogP contribution in [0.2, 0.25) is 13.1 Å². The molecule has 2 aliphatic rings. The van der Waals surface area contributed by atoms with Crippen molar-refractivity contribution in [2.75, 3.05) is 12.3 Å². The Balaban J connectivity index is 0.000000745. The zero-order valence-corrected chi connectivity index (χ0v) is 18.4. The third kappa shape index (κ3) is 10.3. The Hall–Kier alpha value is 1.43. The molecule has 0 radical (unpaired) electrons. The number of nitrogens with zero attached hydrogens (tertiary/aromatic N) is 2. The molecule has 0 bridgehead atoms. The first-order valence-corrected chi connectivity index (χ1v) is 16.6.